The van der Waals surface area contributed by atoms with Crippen molar-refractivity contribution in [1.29, 1.82) is 0 Å². The molecule has 13 heteroatoms. The zero-order valence-corrected chi connectivity index (χ0v) is 30.4. The summed E-state index contributed by atoms with van der Waals surface area (Å²) in [7, 11) is -2.24. The van der Waals surface area contributed by atoms with Crippen molar-refractivity contribution in [3.8, 4) is 12.3 Å². The Morgan fingerprint density at radius 1 is 0.979 bits per heavy atom. The number of hydrogen-bond acceptors (Lipinski definition) is 7. The highest BCUT2D eigenvalue weighted by molar-refractivity contribution is 7.92. The van der Waals surface area contributed by atoms with Gasteiger partial charge in [-0.25, -0.2) is 13.2 Å². The van der Waals surface area contributed by atoms with E-state index >= 15 is 0 Å². The molecule has 3 aliphatic rings. The van der Waals surface area contributed by atoms with Crippen molar-refractivity contribution in [2.24, 2.45) is 22.7 Å². The summed E-state index contributed by atoms with van der Waals surface area (Å²) in [5, 5.41) is 10.8. The normalized spacial score (nSPS) is 24.5. The molecule has 0 aromatic rings. The molecule has 12 nitrogen and oxygen atoms in total. The topological polar surface area (TPSA) is 171 Å². The summed E-state index contributed by atoms with van der Waals surface area (Å²) in [5.41, 5.74) is -1.97. The maximum Gasteiger partial charge on any atom is 0.315 e. The number of Topliss-reactive ketones (excluding diaryl/α,β-unsaturated/α-hetero) is 1. The van der Waals surface area contributed by atoms with E-state index in [1.807, 2.05) is 34.6 Å². The molecule has 4 N–H and O–H groups in total. The van der Waals surface area contributed by atoms with Crippen molar-refractivity contribution < 1.29 is 32.4 Å². The van der Waals surface area contributed by atoms with Crippen LogP contribution >= 0.6 is 0 Å². The summed E-state index contributed by atoms with van der Waals surface area (Å²) in [6.07, 6.45) is 9.12. The van der Waals surface area contributed by atoms with Crippen molar-refractivity contribution in [3.05, 3.63) is 0 Å². The van der Waals surface area contributed by atoms with Crippen molar-refractivity contribution in [3.63, 3.8) is 0 Å². The minimum absolute atomic E-state index is 0.0311. The number of nitrogens with one attached hydrogen (secondary N) is 4. The number of carbonyl (C=O) groups excluding carboxylic acids is 5. The second-order valence-electron chi connectivity index (χ2n) is 16.2. The number of terminal acetylenes is 1. The number of nitrogens with zero attached hydrogens (tertiary/aromatic N) is 1. The minimum Gasteiger partial charge on any atom is -0.353 e. The molecule has 3 fully saturated rings. The van der Waals surface area contributed by atoms with E-state index in [-0.39, 0.29) is 42.4 Å². The number of urea groups is 1. The first-order chi connectivity index (χ1) is 21.5. The van der Waals surface area contributed by atoms with E-state index in [9.17, 15) is 32.4 Å². The summed E-state index contributed by atoms with van der Waals surface area (Å²) in [6, 6.07) is -3.78. The van der Waals surface area contributed by atoms with Gasteiger partial charge in [0.2, 0.25) is 17.6 Å². The molecule has 2 aliphatic carbocycles. The van der Waals surface area contributed by atoms with Crippen LogP contribution in [0.4, 0.5) is 4.79 Å². The van der Waals surface area contributed by atoms with Gasteiger partial charge in [-0.3, -0.25) is 19.2 Å². The summed E-state index contributed by atoms with van der Waals surface area (Å²) >= 11 is 0. The lowest BCUT2D eigenvalue weighted by Crippen LogP contribution is -2.64. The number of piperidine rings is 1. The number of ketones is 1. The fourth-order valence-electron chi connectivity index (χ4n) is 7.18. The summed E-state index contributed by atoms with van der Waals surface area (Å²) in [5.74, 6) is -0.606. The largest absolute Gasteiger partial charge is 0.353 e. The number of hydrogen-bond donors (Lipinski definition) is 4. The molecule has 1 aliphatic heterocycles. The van der Waals surface area contributed by atoms with E-state index < -0.39 is 73.2 Å². The van der Waals surface area contributed by atoms with Gasteiger partial charge in [0.1, 0.15) is 12.1 Å². The van der Waals surface area contributed by atoms with Crippen LogP contribution in [0.15, 0.2) is 0 Å². The van der Waals surface area contributed by atoms with E-state index in [4.69, 9.17) is 6.42 Å². The molecule has 5 amide bonds. The molecule has 264 valence electrons. The van der Waals surface area contributed by atoms with E-state index in [1.165, 1.54) is 11.9 Å². The van der Waals surface area contributed by atoms with Gasteiger partial charge in [-0.2, -0.15) is 0 Å². The third-order valence-electron chi connectivity index (χ3n) is 10.4. The van der Waals surface area contributed by atoms with Crippen LogP contribution in [-0.2, 0) is 29.0 Å². The van der Waals surface area contributed by atoms with Crippen LogP contribution in [-0.4, -0.2) is 90.6 Å². The van der Waals surface area contributed by atoms with Crippen LogP contribution in [0, 0.1) is 35.0 Å². The maximum absolute atomic E-state index is 14.3. The highest BCUT2D eigenvalue weighted by atomic mass is 32.2. The van der Waals surface area contributed by atoms with Crippen molar-refractivity contribution >= 4 is 39.4 Å². The van der Waals surface area contributed by atoms with Gasteiger partial charge in [-0.1, -0.05) is 53.9 Å². The lowest BCUT2D eigenvalue weighted by molar-refractivity contribution is -0.145. The first-order valence-electron chi connectivity index (χ1n) is 16.6. The quantitative estimate of drug-likeness (QED) is 0.192. The molecule has 0 radical (unpaired) electrons. The van der Waals surface area contributed by atoms with Gasteiger partial charge in [-0.15, -0.1) is 12.3 Å². The van der Waals surface area contributed by atoms with Crippen molar-refractivity contribution in [2.45, 2.75) is 129 Å². The Kier molecular flexibility index (Phi) is 11.2. The summed E-state index contributed by atoms with van der Waals surface area (Å²) in [4.78, 5) is 68.3. The molecule has 0 bridgehead atoms. The highest BCUT2D eigenvalue weighted by Gasteiger charge is 2.70. The summed E-state index contributed by atoms with van der Waals surface area (Å²) < 4.78 is 25.5. The number of carbonyl (C=O) groups is 5. The molecular weight excluding hydrogens is 622 g/mol. The van der Waals surface area contributed by atoms with Crippen LogP contribution in [0.3, 0.4) is 0 Å². The smallest absolute Gasteiger partial charge is 0.315 e. The Morgan fingerprint density at radius 3 is 2.09 bits per heavy atom. The number of fused-ring (bicyclic) bond motifs is 1. The van der Waals surface area contributed by atoms with Crippen LogP contribution in [0.2, 0.25) is 0 Å². The fourth-order valence-corrected chi connectivity index (χ4v) is 8.71. The van der Waals surface area contributed by atoms with Gasteiger partial charge < -0.3 is 26.2 Å². The van der Waals surface area contributed by atoms with Gasteiger partial charge in [0.25, 0.3) is 5.91 Å². The van der Waals surface area contributed by atoms with E-state index in [0.717, 1.165) is 19.3 Å². The Bertz CT molecular complexity index is 1400. The maximum atomic E-state index is 14.3. The molecule has 2 unspecified atom stereocenters. The van der Waals surface area contributed by atoms with Gasteiger partial charge in [0.15, 0.2) is 9.84 Å². The van der Waals surface area contributed by atoms with Crippen molar-refractivity contribution in [1.82, 2.24) is 26.2 Å². The standard InChI is InChI=1S/C34H55N5O7S/c1-11-12-16-22(25(40)28(42)35-10)36-27(41)24-23-21(33(23,8)9)19-39(24)29(43)26(31(2,3)4)37-30(44)38-34(17-14-13-15-18-34)20-47(45,46)32(5,6)7/h1,21-24,26H,12-20H2,2-10H3,(H,35,42)(H,36,41)(H2,37,38,44)/t21?,22?,23-,24-,26+/m0/s1. The number of likely N-dealkylation sites (tertiary alicyclic amines) is 1. The molecule has 1 heterocycles. The monoisotopic (exact) mass is 677 g/mol. The molecule has 2 saturated carbocycles. The Morgan fingerprint density at radius 2 is 1.57 bits per heavy atom. The van der Waals surface area contributed by atoms with Crippen LogP contribution in [0.1, 0.15) is 100 Å². The molecular formula is C34H55N5O7S. The predicted octanol–water partition coefficient (Wildman–Crippen LogP) is 2.31. The minimum atomic E-state index is -3.57. The Balaban J connectivity index is 1.87. The average molecular weight is 678 g/mol. The van der Waals surface area contributed by atoms with Crippen LogP contribution in [0.5, 0.6) is 0 Å². The third kappa shape index (κ3) is 8.30. The molecule has 0 aromatic carbocycles. The number of likely N-dealkylation sites (N-methyl/N-ethyl adjacent to an activating group) is 1. The molecule has 3 rings (SSSR count). The van der Waals surface area contributed by atoms with E-state index in [2.05, 4.69) is 27.2 Å². The Labute approximate surface area is 280 Å². The number of sulfone groups is 1. The first kappa shape index (κ1) is 38.3. The van der Waals surface area contributed by atoms with Gasteiger partial charge in [0.05, 0.1) is 22.1 Å². The van der Waals surface area contributed by atoms with Gasteiger partial charge in [0, 0.05) is 20.0 Å². The van der Waals surface area contributed by atoms with Crippen LogP contribution < -0.4 is 21.3 Å². The molecule has 1 saturated heterocycles. The summed E-state index contributed by atoms with van der Waals surface area (Å²) in [6.45, 7) is 14.7. The zero-order valence-electron chi connectivity index (χ0n) is 29.5. The fraction of sp³-hybridized carbons (Fsp3) is 0.794. The molecule has 0 spiro atoms. The molecule has 0 aromatic heterocycles. The lowest BCUT2D eigenvalue weighted by Gasteiger charge is -2.41. The lowest BCUT2D eigenvalue weighted by atomic mass is 9.83. The number of rotatable bonds is 11. The second kappa shape index (κ2) is 13.8. The average Bonchev–Trinajstić information content (AvgIpc) is 3.27. The third-order valence-corrected chi connectivity index (χ3v) is 13.2. The molecule has 5 atom stereocenters. The van der Waals surface area contributed by atoms with Crippen molar-refractivity contribution in [2.75, 3.05) is 19.3 Å². The van der Waals surface area contributed by atoms with E-state index in [0.29, 0.717) is 12.8 Å². The first-order valence-corrected chi connectivity index (χ1v) is 18.3. The SMILES string of the molecule is C#CCCC(NC(=O)[C@@H]1[C@@H]2C(CN1C(=O)[C@@H](NC(=O)NC1(CS(=O)(=O)C(C)(C)C)CCCCC1)C(C)(C)C)C2(C)C)C(=O)C(=O)NC. The molecule has 47 heavy (non-hydrogen) atoms. The number of amides is 5. The second-order valence-corrected chi connectivity index (χ2v) is 19.0. The van der Waals surface area contributed by atoms with Gasteiger partial charge >= 0.3 is 6.03 Å². The van der Waals surface area contributed by atoms with Gasteiger partial charge in [-0.05, 0) is 62.7 Å². The van der Waals surface area contributed by atoms with E-state index in [1.54, 1.807) is 20.8 Å². The zero-order chi connectivity index (χ0) is 35.8. The Hall–Kier alpha value is -3.14. The highest BCUT2D eigenvalue weighted by Crippen LogP contribution is 2.65. The predicted molar refractivity (Wildman–Crippen MR) is 180 cm³/mol. The van der Waals surface area contributed by atoms with Crippen LogP contribution in [0.25, 0.3) is 0 Å².